The van der Waals surface area contributed by atoms with Crippen LogP contribution in [0.5, 0.6) is 0 Å². The smallest absolute Gasteiger partial charge is 0.126 e. The molecule has 2 aromatic heterocycles. The number of hydrogen-bond acceptors (Lipinski definition) is 5. The fourth-order valence-corrected chi connectivity index (χ4v) is 3.39. The zero-order valence-electron chi connectivity index (χ0n) is 15.2. The molecule has 0 spiro atoms. The monoisotopic (exact) mass is 343 g/mol. The predicted octanol–water partition coefficient (Wildman–Crippen LogP) is 3.00. The summed E-state index contributed by atoms with van der Waals surface area (Å²) in [4.78, 5) is 4.73. The molecule has 0 saturated heterocycles. The molecule has 6 nitrogen and oxygen atoms in total. The van der Waals surface area contributed by atoms with Gasteiger partial charge in [0, 0.05) is 24.9 Å². The van der Waals surface area contributed by atoms with Gasteiger partial charge in [0.15, 0.2) is 0 Å². The minimum absolute atomic E-state index is 0.511. The summed E-state index contributed by atoms with van der Waals surface area (Å²) in [5.41, 5.74) is 8.75. The van der Waals surface area contributed by atoms with E-state index in [2.05, 4.69) is 23.1 Å². The zero-order valence-corrected chi connectivity index (χ0v) is 15.2. The van der Waals surface area contributed by atoms with Gasteiger partial charge in [-0.2, -0.15) is 5.10 Å². The molecule has 0 amide bonds. The van der Waals surface area contributed by atoms with E-state index in [4.69, 9.17) is 20.6 Å². The molecule has 3 N–H and O–H groups in total. The highest BCUT2D eigenvalue weighted by Crippen LogP contribution is 2.40. The molecule has 2 aromatic rings. The van der Waals surface area contributed by atoms with E-state index in [0.29, 0.717) is 12.6 Å². The molecule has 0 bridgehead atoms. The van der Waals surface area contributed by atoms with Crippen LogP contribution in [0.2, 0.25) is 0 Å². The van der Waals surface area contributed by atoms with Gasteiger partial charge in [-0.25, -0.2) is 4.98 Å². The molecular weight excluding hydrogens is 314 g/mol. The SMILES string of the molecule is CCOCCNc1cccc(-c2cn(C3CC(CCN)C3)nc2C)n1. The number of aryl methyl sites for hydroxylation is 1. The third-order valence-electron chi connectivity index (χ3n) is 4.86. The second-order valence-electron chi connectivity index (χ2n) is 6.71. The van der Waals surface area contributed by atoms with E-state index in [-0.39, 0.29) is 0 Å². The normalized spacial score (nSPS) is 19.6. The molecule has 6 heteroatoms. The number of nitrogens with zero attached hydrogens (tertiary/aromatic N) is 3. The fraction of sp³-hybridized carbons (Fsp3) is 0.579. The van der Waals surface area contributed by atoms with Gasteiger partial charge < -0.3 is 15.8 Å². The first-order chi connectivity index (χ1) is 12.2. The van der Waals surface area contributed by atoms with Crippen LogP contribution in [0.15, 0.2) is 24.4 Å². The lowest BCUT2D eigenvalue weighted by Crippen LogP contribution is -2.28. The Morgan fingerprint density at radius 3 is 2.96 bits per heavy atom. The van der Waals surface area contributed by atoms with Crippen LogP contribution in [0, 0.1) is 12.8 Å². The van der Waals surface area contributed by atoms with Crippen molar-refractivity contribution in [3.63, 3.8) is 0 Å². The summed E-state index contributed by atoms with van der Waals surface area (Å²) in [5, 5.41) is 8.03. The number of ether oxygens (including phenoxy) is 1. The Kier molecular flexibility index (Phi) is 6.04. The van der Waals surface area contributed by atoms with Crippen LogP contribution in [-0.4, -0.2) is 41.1 Å². The van der Waals surface area contributed by atoms with Crippen LogP contribution < -0.4 is 11.1 Å². The summed E-state index contributed by atoms with van der Waals surface area (Å²) in [7, 11) is 0. The Hall–Kier alpha value is -1.92. The van der Waals surface area contributed by atoms with Gasteiger partial charge in [-0.15, -0.1) is 0 Å². The second kappa shape index (κ2) is 8.45. The molecule has 25 heavy (non-hydrogen) atoms. The summed E-state index contributed by atoms with van der Waals surface area (Å²) in [6, 6.07) is 6.57. The van der Waals surface area contributed by atoms with Gasteiger partial charge in [-0.1, -0.05) is 6.07 Å². The first kappa shape index (κ1) is 17.9. The van der Waals surface area contributed by atoms with Crippen LogP contribution in [0.25, 0.3) is 11.3 Å². The lowest BCUT2D eigenvalue weighted by molar-refractivity contribution is 0.158. The maximum Gasteiger partial charge on any atom is 0.126 e. The Morgan fingerprint density at radius 2 is 2.20 bits per heavy atom. The largest absolute Gasteiger partial charge is 0.380 e. The van der Waals surface area contributed by atoms with Crippen molar-refractivity contribution >= 4 is 5.82 Å². The van der Waals surface area contributed by atoms with Crippen LogP contribution in [-0.2, 0) is 4.74 Å². The molecule has 2 heterocycles. The summed E-state index contributed by atoms with van der Waals surface area (Å²) in [6.45, 7) is 7.02. The minimum Gasteiger partial charge on any atom is -0.380 e. The molecule has 136 valence electrons. The van der Waals surface area contributed by atoms with E-state index in [0.717, 1.165) is 54.8 Å². The van der Waals surface area contributed by atoms with Crippen LogP contribution in [0.3, 0.4) is 0 Å². The molecule has 1 aliphatic carbocycles. The highest BCUT2D eigenvalue weighted by atomic mass is 16.5. The Labute approximate surface area is 149 Å². The molecule has 0 atom stereocenters. The van der Waals surface area contributed by atoms with Gasteiger partial charge in [-0.3, -0.25) is 4.68 Å². The molecule has 0 aliphatic heterocycles. The highest BCUT2D eigenvalue weighted by Gasteiger charge is 2.30. The van der Waals surface area contributed by atoms with E-state index in [1.807, 2.05) is 25.1 Å². The highest BCUT2D eigenvalue weighted by molar-refractivity contribution is 5.62. The number of nitrogens with one attached hydrogen (secondary N) is 1. The molecular formula is C19H29N5O. The number of pyridine rings is 1. The number of anilines is 1. The van der Waals surface area contributed by atoms with Gasteiger partial charge >= 0.3 is 0 Å². The maximum absolute atomic E-state index is 5.65. The lowest BCUT2D eigenvalue weighted by Gasteiger charge is -2.35. The Balaban J connectivity index is 1.66. The third-order valence-corrected chi connectivity index (χ3v) is 4.86. The fourth-order valence-electron chi connectivity index (χ4n) is 3.39. The first-order valence-corrected chi connectivity index (χ1v) is 9.26. The maximum atomic E-state index is 5.65. The summed E-state index contributed by atoms with van der Waals surface area (Å²) < 4.78 is 7.47. The molecule has 0 unspecified atom stereocenters. The number of nitrogens with two attached hydrogens (primary N) is 1. The van der Waals surface area contributed by atoms with E-state index in [1.54, 1.807) is 0 Å². The lowest BCUT2D eigenvalue weighted by atomic mass is 9.78. The molecule has 1 saturated carbocycles. The third kappa shape index (κ3) is 4.38. The minimum atomic E-state index is 0.511. The summed E-state index contributed by atoms with van der Waals surface area (Å²) >= 11 is 0. The van der Waals surface area contributed by atoms with Crippen molar-refractivity contribution in [2.24, 2.45) is 11.7 Å². The van der Waals surface area contributed by atoms with E-state index in [9.17, 15) is 0 Å². The Morgan fingerprint density at radius 1 is 1.36 bits per heavy atom. The Bertz CT molecular complexity index is 678. The van der Waals surface area contributed by atoms with Crippen molar-refractivity contribution in [3.8, 4) is 11.3 Å². The van der Waals surface area contributed by atoms with Crippen LogP contribution >= 0.6 is 0 Å². The van der Waals surface area contributed by atoms with Gasteiger partial charge in [0.2, 0.25) is 0 Å². The first-order valence-electron chi connectivity index (χ1n) is 9.26. The topological polar surface area (TPSA) is 78.0 Å². The second-order valence-corrected chi connectivity index (χ2v) is 6.71. The molecule has 0 aromatic carbocycles. The van der Waals surface area contributed by atoms with Crippen molar-refractivity contribution < 1.29 is 4.74 Å². The summed E-state index contributed by atoms with van der Waals surface area (Å²) in [5.74, 6) is 1.63. The van der Waals surface area contributed by atoms with E-state index < -0.39 is 0 Å². The van der Waals surface area contributed by atoms with Crippen molar-refractivity contribution in [1.82, 2.24) is 14.8 Å². The molecule has 3 rings (SSSR count). The zero-order chi connectivity index (χ0) is 17.6. The summed E-state index contributed by atoms with van der Waals surface area (Å²) in [6.07, 6.45) is 5.64. The van der Waals surface area contributed by atoms with Crippen LogP contribution in [0.4, 0.5) is 5.82 Å². The van der Waals surface area contributed by atoms with Gasteiger partial charge in [0.05, 0.1) is 24.0 Å². The van der Waals surface area contributed by atoms with Crippen LogP contribution in [0.1, 0.15) is 37.9 Å². The average Bonchev–Trinajstić information content (AvgIpc) is 2.96. The van der Waals surface area contributed by atoms with Gasteiger partial charge in [0.1, 0.15) is 5.82 Å². The van der Waals surface area contributed by atoms with E-state index in [1.165, 1.54) is 12.8 Å². The number of hydrogen-bond donors (Lipinski definition) is 2. The van der Waals surface area contributed by atoms with Crippen molar-refractivity contribution in [2.75, 3.05) is 31.6 Å². The van der Waals surface area contributed by atoms with Gasteiger partial charge in [-0.05, 0) is 57.7 Å². The van der Waals surface area contributed by atoms with Crippen molar-refractivity contribution in [2.45, 2.75) is 39.2 Å². The quantitative estimate of drug-likeness (QED) is 0.684. The van der Waals surface area contributed by atoms with E-state index >= 15 is 0 Å². The van der Waals surface area contributed by atoms with Gasteiger partial charge in [0.25, 0.3) is 0 Å². The van der Waals surface area contributed by atoms with Crippen molar-refractivity contribution in [1.29, 1.82) is 0 Å². The molecule has 0 radical (unpaired) electrons. The predicted molar refractivity (Wildman–Crippen MR) is 101 cm³/mol. The van der Waals surface area contributed by atoms with Crippen molar-refractivity contribution in [3.05, 3.63) is 30.1 Å². The number of rotatable bonds is 9. The molecule has 1 aliphatic rings. The number of aromatic nitrogens is 3. The standard InChI is InChI=1S/C19H29N5O/c1-3-25-10-9-21-19-6-4-5-18(22-19)17-13-24(23-14(17)2)16-11-15(12-16)7-8-20/h4-6,13,15-16H,3,7-12,20H2,1-2H3,(H,21,22). The molecule has 1 fully saturated rings. The average molecular weight is 343 g/mol.